The smallest absolute Gasteiger partial charge is 0.432 e. The van der Waals surface area contributed by atoms with Gasteiger partial charge in [0.2, 0.25) is 17.1 Å². The van der Waals surface area contributed by atoms with Gasteiger partial charge in [-0.05, 0) is 92.3 Å². The van der Waals surface area contributed by atoms with Gasteiger partial charge in [0.05, 0.1) is 11.4 Å². The molecule has 0 saturated carbocycles. The third kappa shape index (κ3) is 6.14. The van der Waals surface area contributed by atoms with E-state index in [1.807, 2.05) is 31.2 Å². The summed E-state index contributed by atoms with van der Waals surface area (Å²) in [7, 11) is 0. The zero-order valence-electron chi connectivity index (χ0n) is 28.1. The Morgan fingerprint density at radius 1 is 0.549 bits per heavy atom. The molecule has 0 aliphatic carbocycles. The molecule has 268 valence electrons. The summed E-state index contributed by atoms with van der Waals surface area (Å²) < 4.78 is 144. The van der Waals surface area contributed by atoms with Crippen LogP contribution in [0.5, 0.6) is 0 Å². The van der Waals surface area contributed by atoms with Gasteiger partial charge in [-0.15, -0.1) is 0 Å². The molecular weight excluding hydrogens is 687 g/mol. The van der Waals surface area contributed by atoms with E-state index in [2.05, 4.69) is 9.98 Å². The normalized spacial score (nSPS) is 21.1. The van der Waals surface area contributed by atoms with E-state index in [0.29, 0.717) is 19.9 Å². The molecule has 0 radical (unpaired) electrons. The van der Waals surface area contributed by atoms with Crippen molar-refractivity contribution in [2.75, 3.05) is 0 Å². The molecule has 0 spiro atoms. The monoisotopic (exact) mass is 718 g/mol. The van der Waals surface area contributed by atoms with E-state index in [-0.39, 0.29) is 39.9 Å². The highest BCUT2D eigenvalue weighted by Gasteiger charge is 2.60. The minimum atomic E-state index is -5.15. The quantitative estimate of drug-likeness (QED) is 0.197. The summed E-state index contributed by atoms with van der Waals surface area (Å²) in [5.41, 5.74) is -6.30. The second-order valence-electron chi connectivity index (χ2n) is 13.2. The van der Waals surface area contributed by atoms with Gasteiger partial charge in [-0.2, -0.15) is 39.5 Å². The number of benzene rings is 4. The van der Waals surface area contributed by atoms with E-state index in [1.165, 1.54) is 20.8 Å². The number of aliphatic imine (C=N–C) groups is 2. The van der Waals surface area contributed by atoms with Crippen molar-refractivity contribution in [3.05, 3.63) is 117 Å². The number of fused-ring (bicyclic) bond motifs is 2. The van der Waals surface area contributed by atoms with Crippen molar-refractivity contribution in [1.82, 2.24) is 0 Å². The molecule has 0 amide bonds. The molecular formula is C38H31F9N2O2. The first-order valence-corrected chi connectivity index (χ1v) is 15.7. The maximum Gasteiger partial charge on any atom is 0.432 e. The van der Waals surface area contributed by atoms with Gasteiger partial charge in [-0.3, -0.25) is 0 Å². The highest BCUT2D eigenvalue weighted by molar-refractivity contribution is 5.98. The molecule has 13 heteroatoms. The van der Waals surface area contributed by atoms with Crippen molar-refractivity contribution in [3.63, 3.8) is 0 Å². The molecule has 2 aliphatic rings. The Balaban J connectivity index is 1.50. The molecule has 0 N–H and O–H groups in total. The van der Waals surface area contributed by atoms with Crippen molar-refractivity contribution in [2.24, 2.45) is 9.98 Å². The van der Waals surface area contributed by atoms with E-state index in [1.54, 1.807) is 24.3 Å². The minimum absolute atomic E-state index is 0.00402. The molecule has 51 heavy (non-hydrogen) atoms. The average molecular weight is 719 g/mol. The van der Waals surface area contributed by atoms with Crippen molar-refractivity contribution >= 4 is 23.2 Å². The van der Waals surface area contributed by atoms with Crippen LogP contribution >= 0.6 is 0 Å². The lowest BCUT2D eigenvalue weighted by atomic mass is 9.80. The van der Waals surface area contributed by atoms with E-state index in [9.17, 15) is 26.3 Å². The van der Waals surface area contributed by atoms with Gasteiger partial charge in [-0.25, -0.2) is 9.98 Å². The molecule has 3 atom stereocenters. The van der Waals surface area contributed by atoms with E-state index >= 15 is 13.2 Å². The molecule has 4 nitrogen and oxygen atoms in total. The summed E-state index contributed by atoms with van der Waals surface area (Å²) in [6.45, 7) is 7.17. The fourth-order valence-corrected chi connectivity index (χ4v) is 6.54. The number of nitrogens with zero attached hydrogens (tertiary/aromatic N) is 2. The zero-order valence-corrected chi connectivity index (χ0v) is 28.1. The number of alkyl halides is 9. The first-order valence-electron chi connectivity index (χ1n) is 15.7. The Labute approximate surface area is 287 Å². The van der Waals surface area contributed by atoms with Crippen LogP contribution in [0.3, 0.4) is 0 Å². The maximum atomic E-state index is 15.0. The lowest BCUT2D eigenvalue weighted by Crippen LogP contribution is -2.45. The topological polar surface area (TPSA) is 43.2 Å². The molecule has 0 bridgehead atoms. The van der Waals surface area contributed by atoms with E-state index < -0.39 is 57.9 Å². The van der Waals surface area contributed by atoms with Gasteiger partial charge in [0.1, 0.15) is 5.92 Å². The van der Waals surface area contributed by atoms with Crippen LogP contribution in [0.4, 0.5) is 50.9 Å². The lowest BCUT2D eigenvalue weighted by molar-refractivity contribution is -0.253. The summed E-state index contributed by atoms with van der Waals surface area (Å²) in [5, 5.41) is 0. The Morgan fingerprint density at radius 2 is 0.961 bits per heavy atom. The molecule has 4 aromatic carbocycles. The maximum absolute atomic E-state index is 15.0. The van der Waals surface area contributed by atoms with E-state index in [0.717, 1.165) is 34.9 Å². The van der Waals surface area contributed by atoms with Crippen LogP contribution in [0.1, 0.15) is 71.2 Å². The number of aryl methyl sites for hydroxylation is 3. The predicted molar refractivity (Wildman–Crippen MR) is 175 cm³/mol. The Kier molecular flexibility index (Phi) is 8.38. The summed E-state index contributed by atoms with van der Waals surface area (Å²) in [6.07, 6.45) is -15.3. The SMILES string of the molecule is CC1=Nc2c(C)cc(C(c3cc(C)c4c(c3)C(C)(C(F)(F)F)OC(c3ccc(-c5ccc(C)cc5)cc3)=N4)C(F)(F)F)cc2C(C)(C(F)(F)F)O1. The highest BCUT2D eigenvalue weighted by Crippen LogP contribution is 2.54. The van der Waals surface area contributed by atoms with Crippen LogP contribution in [-0.4, -0.2) is 30.3 Å². The third-order valence-corrected chi connectivity index (χ3v) is 9.40. The van der Waals surface area contributed by atoms with Crippen LogP contribution < -0.4 is 0 Å². The summed E-state index contributed by atoms with van der Waals surface area (Å²) in [6, 6.07) is 17.6. The third-order valence-electron chi connectivity index (χ3n) is 9.40. The fraction of sp³-hybridized carbons (Fsp3) is 0.316. The van der Waals surface area contributed by atoms with Crippen LogP contribution in [0, 0.1) is 20.8 Å². The number of hydrogen-bond acceptors (Lipinski definition) is 4. The number of halogens is 9. The molecule has 0 saturated heterocycles. The van der Waals surface area contributed by atoms with Crippen molar-refractivity contribution in [3.8, 4) is 11.1 Å². The lowest BCUT2D eigenvalue weighted by Gasteiger charge is -2.38. The Hall–Kier alpha value is -4.81. The molecule has 6 rings (SSSR count). The van der Waals surface area contributed by atoms with Crippen LogP contribution in [-0.2, 0) is 20.7 Å². The first-order chi connectivity index (χ1) is 23.5. The Morgan fingerprint density at radius 3 is 1.41 bits per heavy atom. The van der Waals surface area contributed by atoms with Crippen LogP contribution in [0.25, 0.3) is 11.1 Å². The highest BCUT2D eigenvalue weighted by atomic mass is 19.4. The van der Waals surface area contributed by atoms with Gasteiger partial charge in [0, 0.05) is 23.6 Å². The second kappa shape index (κ2) is 11.9. The minimum Gasteiger partial charge on any atom is -0.460 e. The average Bonchev–Trinajstić information content (AvgIpc) is 3.01. The van der Waals surface area contributed by atoms with Gasteiger partial charge >= 0.3 is 18.5 Å². The van der Waals surface area contributed by atoms with Gasteiger partial charge < -0.3 is 9.47 Å². The largest absolute Gasteiger partial charge is 0.460 e. The standard InChI is InChI=1S/C38H31F9N2O2/c1-19-7-9-23(10-8-19)24-11-13-25(14-12-24)33-49-32-21(3)16-27(18-29(32)35(6,51-33)38(45,46)47)30(36(39,40)41)26-15-20(2)31-28(17-26)34(5,37(42,43)44)50-22(4)48-31/h7-18,30H,1-6H3. The number of rotatable bonds is 4. The number of ether oxygens (including phenoxy) is 2. The summed E-state index contributed by atoms with van der Waals surface area (Å²) in [5.74, 6) is -3.34. The first kappa shape index (κ1) is 36.0. The van der Waals surface area contributed by atoms with Gasteiger partial charge in [0.15, 0.2) is 5.90 Å². The fourth-order valence-electron chi connectivity index (χ4n) is 6.54. The zero-order chi connectivity index (χ0) is 37.5. The van der Waals surface area contributed by atoms with Crippen molar-refractivity contribution < 1.29 is 49.0 Å². The predicted octanol–water partition coefficient (Wildman–Crippen LogP) is 11.7. The molecule has 0 aromatic heterocycles. The molecule has 3 unspecified atom stereocenters. The van der Waals surface area contributed by atoms with Gasteiger partial charge in [-0.1, -0.05) is 54.1 Å². The van der Waals surface area contributed by atoms with E-state index in [4.69, 9.17) is 9.47 Å². The number of hydrogen-bond donors (Lipinski definition) is 0. The molecule has 2 aliphatic heterocycles. The Bertz CT molecular complexity index is 2080. The van der Waals surface area contributed by atoms with Crippen LogP contribution in [0.2, 0.25) is 0 Å². The van der Waals surface area contributed by atoms with Crippen LogP contribution in [0.15, 0.2) is 82.8 Å². The van der Waals surface area contributed by atoms with Crippen molar-refractivity contribution in [1.29, 1.82) is 0 Å². The second-order valence-corrected chi connectivity index (χ2v) is 13.2. The van der Waals surface area contributed by atoms with Crippen molar-refractivity contribution in [2.45, 2.75) is 77.2 Å². The van der Waals surface area contributed by atoms with Gasteiger partial charge in [0.25, 0.3) is 0 Å². The summed E-state index contributed by atoms with van der Waals surface area (Å²) in [4.78, 5) is 8.38. The summed E-state index contributed by atoms with van der Waals surface area (Å²) >= 11 is 0. The molecule has 0 fully saturated rings. The molecule has 2 heterocycles. The molecule has 4 aromatic rings.